The fourth-order valence-electron chi connectivity index (χ4n) is 1.000. The molecule has 4 nitrogen and oxygen atoms in total. The molecule has 0 saturated heterocycles. The molecule has 1 rings (SSSR count). The number of rotatable bonds is 4. The second kappa shape index (κ2) is 5.20. The van der Waals surface area contributed by atoms with Gasteiger partial charge in [-0.15, -0.1) is 0 Å². The van der Waals surface area contributed by atoms with Crippen LogP contribution < -0.4 is 0 Å². The summed E-state index contributed by atoms with van der Waals surface area (Å²) in [5, 5.41) is 11.7. The second-order valence-corrected chi connectivity index (χ2v) is 3.00. The van der Waals surface area contributed by atoms with Gasteiger partial charge in [0.1, 0.15) is 11.6 Å². The van der Waals surface area contributed by atoms with Crippen molar-refractivity contribution in [2.45, 2.75) is 6.92 Å². The molecule has 0 aromatic heterocycles. The molecule has 0 unspecified atom stereocenters. The Kier molecular flexibility index (Phi) is 3.93. The summed E-state index contributed by atoms with van der Waals surface area (Å²) in [5.41, 5.74) is 0.391. The molecule has 0 aliphatic heterocycles. The molecular weight excluding hydrogens is 220 g/mol. The Hall–Kier alpha value is -1.98. The van der Waals surface area contributed by atoms with Crippen LogP contribution in [0.2, 0.25) is 0 Å². The molecule has 0 bridgehead atoms. The van der Waals surface area contributed by atoms with Gasteiger partial charge in [0.25, 0.3) is 0 Å². The van der Waals surface area contributed by atoms with Gasteiger partial charge in [-0.1, -0.05) is 5.16 Å². The summed E-state index contributed by atoms with van der Waals surface area (Å²) in [6.45, 7) is 0.852. The van der Waals surface area contributed by atoms with Crippen molar-refractivity contribution >= 4 is 11.7 Å². The van der Waals surface area contributed by atoms with Crippen molar-refractivity contribution in [1.82, 2.24) is 0 Å². The Morgan fingerprint density at radius 3 is 2.44 bits per heavy atom. The van der Waals surface area contributed by atoms with Crippen LogP contribution in [0.3, 0.4) is 0 Å². The van der Waals surface area contributed by atoms with Gasteiger partial charge in [-0.05, 0) is 19.1 Å². The van der Waals surface area contributed by atoms with Crippen LogP contribution in [-0.4, -0.2) is 23.4 Å². The number of hydrogen-bond donors (Lipinski definition) is 1. The lowest BCUT2D eigenvalue weighted by atomic mass is 10.1. The molecule has 0 heterocycles. The van der Waals surface area contributed by atoms with E-state index < -0.39 is 24.2 Å². The SMILES string of the molecule is CC(=NOCC(=O)O)c1cc(F)cc(F)c1. The topological polar surface area (TPSA) is 58.9 Å². The highest BCUT2D eigenvalue weighted by Crippen LogP contribution is 2.09. The van der Waals surface area contributed by atoms with Crippen LogP contribution in [0.25, 0.3) is 0 Å². The minimum atomic E-state index is -1.18. The Morgan fingerprint density at radius 2 is 1.94 bits per heavy atom. The first kappa shape index (κ1) is 12.1. The van der Waals surface area contributed by atoms with Crippen molar-refractivity contribution in [3.63, 3.8) is 0 Å². The molecule has 0 spiro atoms. The normalized spacial score (nSPS) is 11.3. The van der Waals surface area contributed by atoms with E-state index in [0.717, 1.165) is 18.2 Å². The maximum absolute atomic E-state index is 12.8. The molecule has 0 atom stereocenters. The lowest BCUT2D eigenvalue weighted by molar-refractivity contribution is -0.142. The van der Waals surface area contributed by atoms with Gasteiger partial charge in [0.15, 0.2) is 0 Å². The van der Waals surface area contributed by atoms with Crippen molar-refractivity contribution in [2.75, 3.05) is 6.61 Å². The first-order valence-electron chi connectivity index (χ1n) is 4.34. The molecule has 0 fully saturated rings. The van der Waals surface area contributed by atoms with Crippen molar-refractivity contribution in [3.8, 4) is 0 Å². The van der Waals surface area contributed by atoms with Gasteiger partial charge in [0.2, 0.25) is 6.61 Å². The summed E-state index contributed by atoms with van der Waals surface area (Å²) in [6.07, 6.45) is 0. The highest BCUT2D eigenvalue weighted by Gasteiger charge is 2.04. The van der Waals surface area contributed by atoms with Crippen molar-refractivity contribution in [1.29, 1.82) is 0 Å². The van der Waals surface area contributed by atoms with Crippen molar-refractivity contribution < 1.29 is 23.5 Å². The van der Waals surface area contributed by atoms with E-state index in [4.69, 9.17) is 5.11 Å². The maximum atomic E-state index is 12.8. The largest absolute Gasteiger partial charge is 0.479 e. The number of hydrogen-bond acceptors (Lipinski definition) is 3. The average molecular weight is 229 g/mol. The van der Waals surface area contributed by atoms with Gasteiger partial charge in [-0.25, -0.2) is 13.6 Å². The quantitative estimate of drug-likeness (QED) is 0.632. The van der Waals surface area contributed by atoms with Gasteiger partial charge in [0.05, 0.1) is 5.71 Å². The Labute approximate surface area is 90.1 Å². The van der Waals surface area contributed by atoms with E-state index in [-0.39, 0.29) is 11.3 Å². The van der Waals surface area contributed by atoms with Crippen molar-refractivity contribution in [2.24, 2.45) is 5.16 Å². The van der Waals surface area contributed by atoms with Crippen LogP contribution in [0, 0.1) is 11.6 Å². The Morgan fingerprint density at radius 1 is 1.38 bits per heavy atom. The lowest BCUT2D eigenvalue weighted by Gasteiger charge is -2.01. The zero-order chi connectivity index (χ0) is 12.1. The predicted molar refractivity (Wildman–Crippen MR) is 52.2 cm³/mol. The Balaban J connectivity index is 2.79. The van der Waals surface area contributed by atoms with Gasteiger partial charge < -0.3 is 9.94 Å². The summed E-state index contributed by atoms with van der Waals surface area (Å²) in [5.74, 6) is -2.65. The maximum Gasteiger partial charge on any atom is 0.344 e. The average Bonchev–Trinajstić information content (AvgIpc) is 2.15. The van der Waals surface area contributed by atoms with Gasteiger partial charge in [-0.2, -0.15) is 0 Å². The van der Waals surface area contributed by atoms with E-state index in [2.05, 4.69) is 9.99 Å². The van der Waals surface area contributed by atoms with Crippen LogP contribution in [0.4, 0.5) is 8.78 Å². The zero-order valence-electron chi connectivity index (χ0n) is 8.41. The molecule has 1 N–H and O–H groups in total. The zero-order valence-corrected chi connectivity index (χ0v) is 8.41. The standard InChI is InChI=1S/C10H9F2NO3/c1-6(13-16-5-10(14)15)7-2-8(11)4-9(12)3-7/h2-4H,5H2,1H3,(H,14,15). The number of aliphatic carboxylic acids is 1. The highest BCUT2D eigenvalue weighted by atomic mass is 19.1. The van der Waals surface area contributed by atoms with E-state index in [9.17, 15) is 13.6 Å². The van der Waals surface area contributed by atoms with Gasteiger partial charge >= 0.3 is 5.97 Å². The fraction of sp³-hybridized carbons (Fsp3) is 0.200. The molecule has 16 heavy (non-hydrogen) atoms. The molecule has 1 aromatic carbocycles. The number of oxime groups is 1. The van der Waals surface area contributed by atoms with Crippen LogP contribution in [-0.2, 0) is 9.63 Å². The number of nitrogens with zero attached hydrogens (tertiary/aromatic N) is 1. The number of carboxylic acid groups (broad SMARTS) is 1. The van der Waals surface area contributed by atoms with Crippen LogP contribution in [0.5, 0.6) is 0 Å². The predicted octanol–water partition coefficient (Wildman–Crippen LogP) is 1.79. The van der Waals surface area contributed by atoms with E-state index in [1.807, 2.05) is 0 Å². The summed E-state index contributed by atoms with van der Waals surface area (Å²) < 4.78 is 25.6. The van der Waals surface area contributed by atoms with Crippen molar-refractivity contribution in [3.05, 3.63) is 35.4 Å². The van der Waals surface area contributed by atoms with Crippen LogP contribution in [0.1, 0.15) is 12.5 Å². The van der Waals surface area contributed by atoms with E-state index in [1.54, 1.807) is 0 Å². The summed E-state index contributed by atoms with van der Waals surface area (Å²) in [6, 6.07) is 2.88. The molecule has 0 aliphatic carbocycles. The van der Waals surface area contributed by atoms with Gasteiger partial charge in [-0.3, -0.25) is 0 Å². The van der Waals surface area contributed by atoms with Crippen LogP contribution in [0.15, 0.2) is 23.4 Å². The lowest BCUT2D eigenvalue weighted by Crippen LogP contribution is -2.05. The number of halogens is 2. The molecular formula is C10H9F2NO3. The molecule has 0 amide bonds. The molecule has 0 radical (unpaired) electrons. The minimum absolute atomic E-state index is 0.194. The third-order valence-electron chi connectivity index (χ3n) is 1.67. The summed E-state index contributed by atoms with van der Waals surface area (Å²) in [7, 11) is 0. The number of benzene rings is 1. The molecule has 6 heteroatoms. The first-order valence-corrected chi connectivity index (χ1v) is 4.34. The molecule has 1 aromatic rings. The summed E-state index contributed by atoms with van der Waals surface area (Å²) >= 11 is 0. The third-order valence-corrected chi connectivity index (χ3v) is 1.67. The van der Waals surface area contributed by atoms with E-state index in [1.165, 1.54) is 6.92 Å². The summed E-state index contributed by atoms with van der Waals surface area (Å²) in [4.78, 5) is 14.5. The second-order valence-electron chi connectivity index (χ2n) is 3.00. The highest BCUT2D eigenvalue weighted by molar-refractivity contribution is 5.98. The molecule has 86 valence electrons. The molecule has 0 saturated carbocycles. The Bertz CT molecular complexity index is 412. The fourth-order valence-corrected chi connectivity index (χ4v) is 1.000. The van der Waals surface area contributed by atoms with E-state index >= 15 is 0 Å². The number of carbonyl (C=O) groups is 1. The molecule has 0 aliphatic rings. The first-order chi connectivity index (χ1) is 7.49. The minimum Gasteiger partial charge on any atom is -0.479 e. The van der Waals surface area contributed by atoms with E-state index in [0.29, 0.717) is 0 Å². The third kappa shape index (κ3) is 3.64. The smallest absolute Gasteiger partial charge is 0.344 e. The number of carboxylic acids is 1. The van der Waals surface area contributed by atoms with Crippen LogP contribution >= 0.6 is 0 Å². The monoisotopic (exact) mass is 229 g/mol. The van der Waals surface area contributed by atoms with Gasteiger partial charge in [0, 0.05) is 11.6 Å².